The van der Waals surface area contributed by atoms with Gasteiger partial charge in [0.1, 0.15) is 0 Å². The lowest BCUT2D eigenvalue weighted by Crippen LogP contribution is -2.60. The van der Waals surface area contributed by atoms with Gasteiger partial charge < -0.3 is 20.2 Å². The molecule has 2 aliphatic heterocycles. The van der Waals surface area contributed by atoms with Crippen molar-refractivity contribution in [3.63, 3.8) is 0 Å². The zero-order valence-electron chi connectivity index (χ0n) is 23.9. The maximum absolute atomic E-state index is 13.7. The molecule has 1 unspecified atom stereocenters. The summed E-state index contributed by atoms with van der Waals surface area (Å²) in [5, 5.41) is 31.3. The second-order valence-electron chi connectivity index (χ2n) is 11.4. The Balaban J connectivity index is 1.72. The summed E-state index contributed by atoms with van der Waals surface area (Å²) in [5.74, 6) is -0.159. The molecule has 2 aliphatic rings. The quantitative estimate of drug-likeness (QED) is 0.273. The highest BCUT2D eigenvalue weighted by Gasteiger charge is 2.56. The van der Waals surface area contributed by atoms with E-state index >= 15 is 0 Å². The predicted octanol–water partition coefficient (Wildman–Crippen LogP) is 4.63. The number of aliphatic hydroxyl groups excluding tert-OH is 3. The van der Waals surface area contributed by atoms with Gasteiger partial charge in [-0.1, -0.05) is 24.3 Å². The van der Waals surface area contributed by atoms with Gasteiger partial charge in [0.25, 0.3) is 6.43 Å². The van der Waals surface area contributed by atoms with Gasteiger partial charge in [-0.15, -0.1) is 0 Å². The van der Waals surface area contributed by atoms with Crippen LogP contribution in [0.5, 0.6) is 0 Å². The third-order valence-corrected chi connectivity index (χ3v) is 9.03. The van der Waals surface area contributed by atoms with Crippen molar-refractivity contribution in [2.24, 2.45) is 5.41 Å². The number of alkyl halides is 5. The van der Waals surface area contributed by atoms with Crippen LogP contribution in [0.4, 0.5) is 22.0 Å². The number of hydrogen-bond acceptors (Lipinski definition) is 6. The van der Waals surface area contributed by atoms with Crippen molar-refractivity contribution in [2.75, 3.05) is 33.4 Å². The van der Waals surface area contributed by atoms with E-state index in [-0.39, 0.29) is 50.6 Å². The molecular formula is C30H38F5N3O4. The van der Waals surface area contributed by atoms with Gasteiger partial charge in [0.15, 0.2) is 6.35 Å². The fourth-order valence-electron chi connectivity index (χ4n) is 6.60. The summed E-state index contributed by atoms with van der Waals surface area (Å²) in [5.41, 5.74) is -1.17. The maximum atomic E-state index is 13.7. The number of fused-ring (bicyclic) bond motifs is 1. The first-order valence-corrected chi connectivity index (χ1v) is 14.0. The Hall–Kier alpha value is -2.64. The lowest BCUT2D eigenvalue weighted by atomic mass is 9.77. The van der Waals surface area contributed by atoms with Gasteiger partial charge in [-0.2, -0.15) is 13.2 Å². The van der Waals surface area contributed by atoms with Crippen molar-refractivity contribution in [1.82, 2.24) is 14.7 Å². The van der Waals surface area contributed by atoms with Crippen LogP contribution in [-0.2, 0) is 11.0 Å². The Labute approximate surface area is 242 Å². The Morgan fingerprint density at radius 2 is 1.67 bits per heavy atom. The average Bonchev–Trinajstić information content (AvgIpc) is 3.22. The minimum absolute atomic E-state index is 0.0197. The molecule has 4 rings (SSSR count). The number of rotatable bonds is 10. The van der Waals surface area contributed by atoms with Crippen molar-refractivity contribution in [3.05, 3.63) is 70.3 Å². The molecule has 0 aromatic heterocycles. The molecule has 0 bridgehead atoms. The van der Waals surface area contributed by atoms with Crippen LogP contribution < -0.4 is 0 Å². The van der Waals surface area contributed by atoms with Crippen LogP contribution in [0.2, 0.25) is 0 Å². The van der Waals surface area contributed by atoms with Gasteiger partial charge in [-0.25, -0.2) is 8.78 Å². The first-order chi connectivity index (χ1) is 19.8. The van der Waals surface area contributed by atoms with E-state index in [9.17, 15) is 42.1 Å². The van der Waals surface area contributed by atoms with Gasteiger partial charge >= 0.3 is 6.18 Å². The SMILES string of the molecule is Cc1ccccc1[C@H]1[C@@H]2CC(CCO)(CCO)C(=O)N2CCN1C(O)N(C)[C@H](C)c1cc(C(F)F)cc(C(F)(F)F)c1. The molecule has 1 amide bonds. The Kier molecular flexibility index (Phi) is 9.63. The van der Waals surface area contributed by atoms with Crippen LogP contribution in [0.3, 0.4) is 0 Å². The molecule has 0 radical (unpaired) electrons. The van der Waals surface area contributed by atoms with E-state index in [0.29, 0.717) is 12.5 Å². The Morgan fingerprint density at radius 1 is 1.05 bits per heavy atom. The molecule has 4 atom stereocenters. The zero-order chi connectivity index (χ0) is 31.0. The Bertz CT molecular complexity index is 1250. The third kappa shape index (κ3) is 6.05. The number of benzene rings is 2. The summed E-state index contributed by atoms with van der Waals surface area (Å²) in [6.07, 6.45) is -8.59. The topological polar surface area (TPSA) is 87.5 Å². The second kappa shape index (κ2) is 12.5. The van der Waals surface area contributed by atoms with Crippen LogP contribution in [0.15, 0.2) is 42.5 Å². The molecule has 2 aromatic rings. The van der Waals surface area contributed by atoms with E-state index in [2.05, 4.69) is 0 Å². The minimum Gasteiger partial charge on any atom is -0.396 e. The monoisotopic (exact) mass is 599 g/mol. The molecule has 2 fully saturated rings. The summed E-state index contributed by atoms with van der Waals surface area (Å²) < 4.78 is 67.7. The van der Waals surface area contributed by atoms with Crippen molar-refractivity contribution >= 4 is 5.91 Å². The van der Waals surface area contributed by atoms with Crippen LogP contribution in [0.1, 0.15) is 72.5 Å². The summed E-state index contributed by atoms with van der Waals surface area (Å²) in [6.45, 7) is 3.46. The highest BCUT2D eigenvalue weighted by Crippen LogP contribution is 2.49. The second-order valence-corrected chi connectivity index (χ2v) is 11.4. The van der Waals surface area contributed by atoms with Gasteiger partial charge in [0.05, 0.1) is 23.1 Å². The number of halogens is 5. The van der Waals surface area contributed by atoms with Gasteiger partial charge in [-0.05, 0) is 75.0 Å². The normalized spacial score (nSPS) is 22.6. The summed E-state index contributed by atoms with van der Waals surface area (Å²) in [4.78, 5) is 18.6. The molecule has 7 nitrogen and oxygen atoms in total. The van der Waals surface area contributed by atoms with E-state index < -0.39 is 53.6 Å². The zero-order valence-corrected chi connectivity index (χ0v) is 23.9. The highest BCUT2D eigenvalue weighted by molar-refractivity contribution is 5.86. The molecule has 0 aliphatic carbocycles. The molecule has 0 spiro atoms. The smallest absolute Gasteiger partial charge is 0.396 e. The minimum atomic E-state index is -4.83. The van der Waals surface area contributed by atoms with Crippen molar-refractivity contribution in [3.8, 4) is 0 Å². The largest absolute Gasteiger partial charge is 0.416 e. The van der Waals surface area contributed by atoms with E-state index in [1.165, 1.54) is 11.9 Å². The van der Waals surface area contributed by atoms with E-state index in [4.69, 9.17) is 0 Å². The van der Waals surface area contributed by atoms with E-state index in [1.807, 2.05) is 31.2 Å². The average molecular weight is 600 g/mol. The molecule has 0 saturated carbocycles. The van der Waals surface area contributed by atoms with E-state index in [1.54, 1.807) is 16.7 Å². The van der Waals surface area contributed by atoms with Crippen molar-refractivity contribution in [1.29, 1.82) is 0 Å². The van der Waals surface area contributed by atoms with Gasteiger partial charge in [0.2, 0.25) is 5.91 Å². The molecule has 3 N–H and O–H groups in total. The molecule has 2 aromatic carbocycles. The fourth-order valence-corrected chi connectivity index (χ4v) is 6.60. The van der Waals surface area contributed by atoms with Crippen LogP contribution in [0.25, 0.3) is 0 Å². The standard InChI is InChI=1S/C30H38F5N3O4/c1-18-6-4-5-7-23(18)25-24-17-29(8-12-39,9-13-40)27(41)37(24)10-11-38(25)28(42)36(3)19(2)20-14-21(26(31)32)16-22(15-20)30(33,34)35/h4-7,14-16,19,24-26,28,39-40,42H,8-13,17H2,1-3H3/t19-,24+,25+,28?/m1/s1. The number of carbonyl (C=O) groups excluding carboxylic acids is 1. The summed E-state index contributed by atoms with van der Waals surface area (Å²) in [7, 11) is 1.51. The molecule has 42 heavy (non-hydrogen) atoms. The fraction of sp³-hybridized carbons (Fsp3) is 0.567. The maximum Gasteiger partial charge on any atom is 0.416 e. The molecular weight excluding hydrogens is 561 g/mol. The first kappa shape index (κ1) is 32.3. The van der Waals surface area contributed by atoms with Crippen LogP contribution in [0, 0.1) is 12.3 Å². The molecule has 2 heterocycles. The van der Waals surface area contributed by atoms with Crippen molar-refractivity contribution in [2.45, 2.75) is 70.2 Å². The number of hydrogen-bond donors (Lipinski definition) is 3. The molecule has 232 valence electrons. The van der Waals surface area contributed by atoms with E-state index in [0.717, 1.165) is 23.3 Å². The molecule has 12 heteroatoms. The van der Waals surface area contributed by atoms with Crippen molar-refractivity contribution < 1.29 is 42.1 Å². The third-order valence-electron chi connectivity index (χ3n) is 9.03. The lowest BCUT2D eigenvalue weighted by molar-refractivity contribution is -0.165. The van der Waals surface area contributed by atoms with Crippen LogP contribution in [-0.4, -0.2) is 81.7 Å². The van der Waals surface area contributed by atoms with Gasteiger partial charge in [-0.3, -0.25) is 14.6 Å². The molecule has 2 saturated heterocycles. The lowest BCUT2D eigenvalue weighted by Gasteiger charge is -2.49. The summed E-state index contributed by atoms with van der Waals surface area (Å²) >= 11 is 0. The highest BCUT2D eigenvalue weighted by atomic mass is 19.4. The number of carbonyl (C=O) groups is 1. The predicted molar refractivity (Wildman–Crippen MR) is 145 cm³/mol. The number of aliphatic hydroxyl groups is 3. The first-order valence-electron chi connectivity index (χ1n) is 14.0. The van der Waals surface area contributed by atoms with Gasteiger partial charge in [0, 0.05) is 37.9 Å². The number of aryl methyl sites for hydroxylation is 1. The summed E-state index contributed by atoms with van der Waals surface area (Å²) in [6, 6.07) is 7.98. The number of nitrogens with zero attached hydrogens (tertiary/aromatic N) is 3. The van der Waals surface area contributed by atoms with Crippen LogP contribution >= 0.6 is 0 Å². The number of amides is 1. The number of piperazine rings is 1. The Morgan fingerprint density at radius 3 is 2.24 bits per heavy atom.